The van der Waals surface area contributed by atoms with Crippen LogP contribution >= 0.6 is 15.9 Å². The largest absolute Gasteiger partial charge is 0.369 e. The van der Waals surface area contributed by atoms with Crippen LogP contribution in [-0.2, 0) is 6.54 Å². The highest BCUT2D eigenvalue weighted by atomic mass is 79.9. The van der Waals surface area contributed by atoms with Gasteiger partial charge in [-0.3, -0.25) is 0 Å². The van der Waals surface area contributed by atoms with Crippen LogP contribution in [0.4, 0.5) is 5.69 Å². The van der Waals surface area contributed by atoms with E-state index in [0.29, 0.717) is 6.04 Å². The van der Waals surface area contributed by atoms with E-state index >= 15 is 0 Å². The molecule has 4 heteroatoms. The Labute approximate surface area is 118 Å². The molecule has 0 aromatic heterocycles. The molecular weight excluding hydrogens is 290 g/mol. The van der Waals surface area contributed by atoms with Gasteiger partial charge in [0.05, 0.1) is 0 Å². The Balaban J connectivity index is 2.12. The molecule has 2 rings (SSSR count). The van der Waals surface area contributed by atoms with Gasteiger partial charge in [0, 0.05) is 42.4 Å². The number of benzene rings is 1. The van der Waals surface area contributed by atoms with Crippen molar-refractivity contribution in [2.45, 2.75) is 19.5 Å². The van der Waals surface area contributed by atoms with Crippen molar-refractivity contribution in [2.24, 2.45) is 0 Å². The van der Waals surface area contributed by atoms with Gasteiger partial charge < -0.3 is 15.1 Å². The molecule has 1 atom stereocenters. The summed E-state index contributed by atoms with van der Waals surface area (Å²) in [7, 11) is 4.18. The summed E-state index contributed by atoms with van der Waals surface area (Å²) in [6.07, 6.45) is 0. The smallest absolute Gasteiger partial charge is 0.0378 e. The van der Waals surface area contributed by atoms with Gasteiger partial charge in [-0.2, -0.15) is 0 Å². The minimum Gasteiger partial charge on any atom is -0.369 e. The van der Waals surface area contributed by atoms with E-state index in [1.54, 1.807) is 0 Å². The van der Waals surface area contributed by atoms with Crippen LogP contribution in [-0.4, -0.2) is 44.7 Å². The lowest BCUT2D eigenvalue weighted by Crippen LogP contribution is -2.50. The standard InChI is InChI=1S/C14H22BrN3/c1-11-10-18(7-6-17(11)3)13-5-4-12(9-16-2)14(15)8-13/h4-5,8,11,16H,6-7,9-10H2,1-3H3. The fourth-order valence-corrected chi connectivity index (χ4v) is 2.86. The molecule has 1 fully saturated rings. The molecule has 0 bridgehead atoms. The molecule has 1 heterocycles. The molecule has 0 aliphatic carbocycles. The zero-order valence-corrected chi connectivity index (χ0v) is 13.0. The van der Waals surface area contributed by atoms with Crippen molar-refractivity contribution in [3.8, 4) is 0 Å². The van der Waals surface area contributed by atoms with Crippen molar-refractivity contribution in [1.82, 2.24) is 10.2 Å². The average Bonchev–Trinajstić information content (AvgIpc) is 2.35. The zero-order chi connectivity index (χ0) is 13.1. The van der Waals surface area contributed by atoms with Gasteiger partial charge in [0.2, 0.25) is 0 Å². The summed E-state index contributed by atoms with van der Waals surface area (Å²) >= 11 is 3.66. The summed E-state index contributed by atoms with van der Waals surface area (Å²) in [6, 6.07) is 7.30. The fourth-order valence-electron chi connectivity index (χ4n) is 2.35. The third-order valence-corrected chi connectivity index (χ3v) is 4.47. The monoisotopic (exact) mass is 311 g/mol. The van der Waals surface area contributed by atoms with E-state index in [1.165, 1.54) is 15.7 Å². The first-order chi connectivity index (χ1) is 8.61. The van der Waals surface area contributed by atoms with Crippen LogP contribution in [0.1, 0.15) is 12.5 Å². The number of likely N-dealkylation sites (N-methyl/N-ethyl adjacent to an activating group) is 1. The average molecular weight is 312 g/mol. The molecule has 1 saturated heterocycles. The number of rotatable bonds is 3. The second kappa shape index (κ2) is 6.04. The quantitative estimate of drug-likeness (QED) is 0.924. The van der Waals surface area contributed by atoms with Crippen LogP contribution < -0.4 is 10.2 Å². The molecule has 1 aliphatic heterocycles. The van der Waals surface area contributed by atoms with Gasteiger partial charge in [0.25, 0.3) is 0 Å². The second-order valence-electron chi connectivity index (χ2n) is 5.08. The first-order valence-corrected chi connectivity index (χ1v) is 7.29. The van der Waals surface area contributed by atoms with Crippen LogP contribution in [0.2, 0.25) is 0 Å². The Morgan fingerprint density at radius 2 is 2.17 bits per heavy atom. The Morgan fingerprint density at radius 3 is 2.78 bits per heavy atom. The molecular formula is C14H22BrN3. The molecule has 1 N–H and O–H groups in total. The number of halogens is 1. The summed E-state index contributed by atoms with van der Waals surface area (Å²) in [5.41, 5.74) is 2.63. The number of nitrogens with one attached hydrogen (secondary N) is 1. The number of nitrogens with zero attached hydrogens (tertiary/aromatic N) is 2. The predicted molar refractivity (Wildman–Crippen MR) is 81.2 cm³/mol. The van der Waals surface area contributed by atoms with Crippen LogP contribution in [0, 0.1) is 0 Å². The van der Waals surface area contributed by atoms with Gasteiger partial charge in [0.1, 0.15) is 0 Å². The van der Waals surface area contributed by atoms with Crippen molar-refractivity contribution in [2.75, 3.05) is 38.6 Å². The maximum Gasteiger partial charge on any atom is 0.0378 e. The number of hydrogen-bond donors (Lipinski definition) is 1. The van der Waals surface area contributed by atoms with E-state index in [0.717, 1.165) is 26.2 Å². The topological polar surface area (TPSA) is 18.5 Å². The minimum atomic E-state index is 0.620. The Kier molecular flexibility index (Phi) is 4.65. The van der Waals surface area contributed by atoms with Gasteiger partial charge >= 0.3 is 0 Å². The minimum absolute atomic E-state index is 0.620. The Morgan fingerprint density at radius 1 is 1.39 bits per heavy atom. The zero-order valence-electron chi connectivity index (χ0n) is 11.4. The van der Waals surface area contributed by atoms with E-state index in [-0.39, 0.29) is 0 Å². The van der Waals surface area contributed by atoms with E-state index in [1.807, 2.05) is 7.05 Å². The molecule has 18 heavy (non-hydrogen) atoms. The summed E-state index contributed by atoms with van der Waals surface area (Å²) < 4.78 is 1.20. The lowest BCUT2D eigenvalue weighted by atomic mass is 10.1. The third-order valence-electron chi connectivity index (χ3n) is 3.73. The van der Waals surface area contributed by atoms with Crippen LogP contribution in [0.25, 0.3) is 0 Å². The summed E-state index contributed by atoms with van der Waals surface area (Å²) in [5, 5.41) is 3.19. The number of piperazine rings is 1. The maximum atomic E-state index is 3.66. The normalized spacial score (nSPS) is 21.3. The molecule has 1 aromatic carbocycles. The van der Waals surface area contributed by atoms with Crippen LogP contribution in [0.15, 0.2) is 22.7 Å². The maximum absolute atomic E-state index is 3.66. The summed E-state index contributed by atoms with van der Waals surface area (Å²) in [5.74, 6) is 0. The molecule has 0 amide bonds. The highest BCUT2D eigenvalue weighted by Gasteiger charge is 2.21. The molecule has 3 nitrogen and oxygen atoms in total. The van der Waals surface area contributed by atoms with Gasteiger partial charge in [-0.15, -0.1) is 0 Å². The number of hydrogen-bond acceptors (Lipinski definition) is 3. The summed E-state index contributed by atoms with van der Waals surface area (Å²) in [6.45, 7) is 6.54. The van der Waals surface area contributed by atoms with Crippen molar-refractivity contribution in [3.63, 3.8) is 0 Å². The van der Waals surface area contributed by atoms with Crippen molar-refractivity contribution in [1.29, 1.82) is 0 Å². The third kappa shape index (κ3) is 3.05. The fraction of sp³-hybridized carbons (Fsp3) is 0.571. The predicted octanol–water partition coefficient (Wildman–Crippen LogP) is 2.31. The molecule has 100 valence electrons. The van der Waals surface area contributed by atoms with Crippen LogP contribution in [0.3, 0.4) is 0 Å². The summed E-state index contributed by atoms with van der Waals surface area (Å²) in [4.78, 5) is 4.89. The molecule has 1 aliphatic rings. The van der Waals surface area contributed by atoms with E-state index < -0.39 is 0 Å². The van der Waals surface area contributed by atoms with Gasteiger partial charge in [0.15, 0.2) is 0 Å². The van der Waals surface area contributed by atoms with E-state index in [2.05, 4.69) is 63.2 Å². The lowest BCUT2D eigenvalue weighted by molar-refractivity contribution is 0.234. The Hall–Kier alpha value is -0.580. The van der Waals surface area contributed by atoms with Crippen LogP contribution in [0.5, 0.6) is 0 Å². The van der Waals surface area contributed by atoms with E-state index in [9.17, 15) is 0 Å². The number of anilines is 1. The van der Waals surface area contributed by atoms with Gasteiger partial charge in [-0.25, -0.2) is 0 Å². The molecule has 1 aromatic rings. The van der Waals surface area contributed by atoms with Crippen molar-refractivity contribution >= 4 is 21.6 Å². The van der Waals surface area contributed by atoms with Crippen molar-refractivity contribution in [3.05, 3.63) is 28.2 Å². The first kappa shape index (κ1) is 13.8. The highest BCUT2D eigenvalue weighted by molar-refractivity contribution is 9.10. The lowest BCUT2D eigenvalue weighted by Gasteiger charge is -2.39. The molecule has 0 saturated carbocycles. The molecule has 1 unspecified atom stereocenters. The second-order valence-corrected chi connectivity index (χ2v) is 5.94. The van der Waals surface area contributed by atoms with Gasteiger partial charge in [-0.1, -0.05) is 22.0 Å². The highest BCUT2D eigenvalue weighted by Crippen LogP contribution is 2.25. The van der Waals surface area contributed by atoms with Crippen molar-refractivity contribution < 1.29 is 0 Å². The Bertz CT molecular complexity index is 408. The molecule has 0 spiro atoms. The van der Waals surface area contributed by atoms with E-state index in [4.69, 9.17) is 0 Å². The SMILES string of the molecule is CNCc1ccc(N2CCN(C)C(C)C2)cc1Br. The molecule has 0 radical (unpaired) electrons. The van der Waals surface area contributed by atoms with Gasteiger partial charge in [-0.05, 0) is 38.7 Å². The first-order valence-electron chi connectivity index (χ1n) is 6.50.